The van der Waals surface area contributed by atoms with Crippen LogP contribution in [0.2, 0.25) is 0 Å². The van der Waals surface area contributed by atoms with Crippen molar-refractivity contribution in [3.63, 3.8) is 0 Å². The summed E-state index contributed by atoms with van der Waals surface area (Å²) in [7, 11) is 0. The minimum absolute atomic E-state index is 0.363. The molecule has 2 unspecified atom stereocenters. The molecule has 0 aromatic rings. The smallest absolute Gasteiger partial charge is 0.222 e. The number of amides is 1. The number of fused-ring (bicyclic) bond motifs is 1. The van der Waals surface area contributed by atoms with E-state index in [1.54, 1.807) is 0 Å². The molecule has 0 radical (unpaired) electrons. The summed E-state index contributed by atoms with van der Waals surface area (Å²) in [6, 6.07) is 0.376. The molecule has 2 N–H and O–H groups in total. The molecule has 2 rings (SSSR count). The first kappa shape index (κ1) is 12.9. The zero-order chi connectivity index (χ0) is 12.4. The molecule has 0 spiro atoms. The second kappa shape index (κ2) is 5.38. The number of hydrogen-bond acceptors (Lipinski definition) is 2. The molecule has 1 aliphatic carbocycles. The Morgan fingerprint density at radius 1 is 1.35 bits per heavy atom. The molecule has 3 nitrogen and oxygen atoms in total. The van der Waals surface area contributed by atoms with Crippen LogP contribution in [0.15, 0.2) is 0 Å². The first-order valence-electron chi connectivity index (χ1n) is 7.13. The number of carbonyl (C=O) groups is 1. The Hall–Kier alpha value is -0.570. The van der Waals surface area contributed by atoms with Crippen molar-refractivity contribution < 1.29 is 4.79 Å². The van der Waals surface area contributed by atoms with Gasteiger partial charge in [0, 0.05) is 25.6 Å². The van der Waals surface area contributed by atoms with Crippen LogP contribution >= 0.6 is 0 Å². The average molecular weight is 238 g/mol. The maximum absolute atomic E-state index is 12.1. The van der Waals surface area contributed by atoms with E-state index < -0.39 is 0 Å². The molecule has 98 valence electrons. The van der Waals surface area contributed by atoms with Crippen molar-refractivity contribution in [3.8, 4) is 0 Å². The number of rotatable bonds is 3. The lowest BCUT2D eigenvalue weighted by Gasteiger charge is -2.27. The predicted octanol–water partition coefficient (Wildman–Crippen LogP) is 2.01. The van der Waals surface area contributed by atoms with Crippen LogP contribution in [0.1, 0.15) is 46.0 Å². The third kappa shape index (κ3) is 3.01. The van der Waals surface area contributed by atoms with Crippen molar-refractivity contribution in [1.82, 2.24) is 4.90 Å². The standard InChI is InChI=1S/C14H26N2O/c1-3-10(2)6-14(17)16-8-11-4-5-13(15)7-12(11)9-16/h10-13H,3-9,15H2,1-2H3/t10?,11-,12+,13?/m1/s1. The van der Waals surface area contributed by atoms with Crippen LogP contribution in [0.3, 0.4) is 0 Å². The summed E-state index contributed by atoms with van der Waals surface area (Å²) in [6.45, 7) is 6.28. The average Bonchev–Trinajstić information content (AvgIpc) is 2.71. The highest BCUT2D eigenvalue weighted by molar-refractivity contribution is 5.76. The molecule has 17 heavy (non-hydrogen) atoms. The molecule has 1 amide bonds. The molecular weight excluding hydrogens is 212 g/mol. The van der Waals surface area contributed by atoms with Crippen molar-refractivity contribution in [2.45, 2.75) is 52.0 Å². The second-order valence-corrected chi connectivity index (χ2v) is 6.11. The van der Waals surface area contributed by atoms with Crippen molar-refractivity contribution in [2.24, 2.45) is 23.5 Å². The van der Waals surface area contributed by atoms with E-state index in [0.717, 1.165) is 44.7 Å². The summed E-state index contributed by atoms with van der Waals surface area (Å²) in [5, 5.41) is 0. The quantitative estimate of drug-likeness (QED) is 0.817. The number of nitrogens with zero attached hydrogens (tertiary/aromatic N) is 1. The van der Waals surface area contributed by atoms with Crippen molar-refractivity contribution in [1.29, 1.82) is 0 Å². The first-order valence-corrected chi connectivity index (χ1v) is 7.13. The topological polar surface area (TPSA) is 46.3 Å². The molecule has 4 atom stereocenters. The van der Waals surface area contributed by atoms with E-state index in [4.69, 9.17) is 5.73 Å². The fourth-order valence-electron chi connectivity index (χ4n) is 3.24. The van der Waals surface area contributed by atoms with Crippen molar-refractivity contribution in [2.75, 3.05) is 13.1 Å². The monoisotopic (exact) mass is 238 g/mol. The molecule has 1 aliphatic heterocycles. The highest BCUT2D eigenvalue weighted by Crippen LogP contribution is 2.36. The van der Waals surface area contributed by atoms with Gasteiger partial charge in [0.05, 0.1) is 0 Å². The van der Waals surface area contributed by atoms with Gasteiger partial charge in [-0.1, -0.05) is 20.3 Å². The Bertz CT molecular complexity index is 279. The number of likely N-dealkylation sites (tertiary alicyclic amines) is 1. The Balaban J connectivity index is 1.86. The predicted molar refractivity (Wildman–Crippen MR) is 69.5 cm³/mol. The molecule has 1 saturated carbocycles. The van der Waals surface area contributed by atoms with Crippen LogP contribution in [0.5, 0.6) is 0 Å². The number of nitrogens with two attached hydrogens (primary N) is 1. The molecule has 2 aliphatic rings. The summed E-state index contributed by atoms with van der Waals surface area (Å²) < 4.78 is 0. The van der Waals surface area contributed by atoms with Gasteiger partial charge in [-0.05, 0) is 37.0 Å². The van der Waals surface area contributed by atoms with Crippen LogP contribution in [-0.4, -0.2) is 29.9 Å². The summed E-state index contributed by atoms with van der Waals surface area (Å²) in [6.07, 6.45) is 5.31. The van der Waals surface area contributed by atoms with Gasteiger partial charge in [-0.2, -0.15) is 0 Å². The van der Waals surface area contributed by atoms with Gasteiger partial charge < -0.3 is 10.6 Å². The zero-order valence-corrected chi connectivity index (χ0v) is 11.2. The van der Waals surface area contributed by atoms with Gasteiger partial charge in [-0.3, -0.25) is 4.79 Å². The minimum Gasteiger partial charge on any atom is -0.342 e. The van der Waals surface area contributed by atoms with Gasteiger partial charge >= 0.3 is 0 Å². The van der Waals surface area contributed by atoms with Crippen molar-refractivity contribution in [3.05, 3.63) is 0 Å². The van der Waals surface area contributed by atoms with E-state index >= 15 is 0 Å². The molecular formula is C14H26N2O. The SMILES string of the molecule is CCC(C)CC(=O)N1C[C@H]2CCC(N)C[C@H]2C1. The van der Waals surface area contributed by atoms with E-state index in [0.29, 0.717) is 23.8 Å². The van der Waals surface area contributed by atoms with Gasteiger partial charge in [0.25, 0.3) is 0 Å². The highest BCUT2D eigenvalue weighted by atomic mass is 16.2. The van der Waals surface area contributed by atoms with Gasteiger partial charge in [-0.25, -0.2) is 0 Å². The molecule has 2 fully saturated rings. The third-order valence-corrected chi connectivity index (χ3v) is 4.66. The Morgan fingerprint density at radius 3 is 2.76 bits per heavy atom. The maximum Gasteiger partial charge on any atom is 0.222 e. The fraction of sp³-hybridized carbons (Fsp3) is 0.929. The van der Waals surface area contributed by atoms with E-state index in [9.17, 15) is 4.79 Å². The largest absolute Gasteiger partial charge is 0.342 e. The normalized spacial score (nSPS) is 34.5. The highest BCUT2D eigenvalue weighted by Gasteiger charge is 2.38. The van der Waals surface area contributed by atoms with E-state index in [1.807, 2.05) is 0 Å². The molecule has 0 aromatic heterocycles. The first-order chi connectivity index (χ1) is 8.10. The van der Waals surface area contributed by atoms with E-state index in [2.05, 4.69) is 18.7 Å². The van der Waals surface area contributed by atoms with Crippen LogP contribution in [0.25, 0.3) is 0 Å². The van der Waals surface area contributed by atoms with E-state index in [1.165, 1.54) is 6.42 Å². The van der Waals surface area contributed by atoms with Crippen LogP contribution in [0, 0.1) is 17.8 Å². The summed E-state index contributed by atoms with van der Waals surface area (Å²) >= 11 is 0. The third-order valence-electron chi connectivity index (χ3n) is 4.66. The Labute approximate surface area is 105 Å². The van der Waals surface area contributed by atoms with Gasteiger partial charge in [0.15, 0.2) is 0 Å². The lowest BCUT2D eigenvalue weighted by Crippen LogP contribution is -2.32. The lowest BCUT2D eigenvalue weighted by atomic mass is 9.79. The number of carbonyl (C=O) groups excluding carboxylic acids is 1. The fourth-order valence-corrected chi connectivity index (χ4v) is 3.24. The van der Waals surface area contributed by atoms with Gasteiger partial charge in [0.1, 0.15) is 0 Å². The van der Waals surface area contributed by atoms with Crippen molar-refractivity contribution >= 4 is 5.91 Å². The summed E-state index contributed by atoms with van der Waals surface area (Å²) in [5.74, 6) is 2.30. The Kier molecular flexibility index (Phi) is 4.08. The van der Waals surface area contributed by atoms with Crippen LogP contribution < -0.4 is 5.73 Å². The van der Waals surface area contributed by atoms with Crippen LogP contribution in [-0.2, 0) is 4.79 Å². The Morgan fingerprint density at radius 2 is 2.06 bits per heavy atom. The minimum atomic E-state index is 0.363. The molecule has 3 heteroatoms. The van der Waals surface area contributed by atoms with Crippen LogP contribution in [0.4, 0.5) is 0 Å². The number of hydrogen-bond donors (Lipinski definition) is 1. The summed E-state index contributed by atoms with van der Waals surface area (Å²) in [5.41, 5.74) is 6.01. The van der Waals surface area contributed by atoms with Gasteiger partial charge in [0.2, 0.25) is 5.91 Å². The second-order valence-electron chi connectivity index (χ2n) is 6.11. The molecule has 0 bridgehead atoms. The molecule has 0 aromatic carbocycles. The molecule has 1 saturated heterocycles. The van der Waals surface area contributed by atoms with Gasteiger partial charge in [-0.15, -0.1) is 0 Å². The molecule has 1 heterocycles. The lowest BCUT2D eigenvalue weighted by molar-refractivity contribution is -0.131. The summed E-state index contributed by atoms with van der Waals surface area (Å²) in [4.78, 5) is 14.2. The zero-order valence-electron chi connectivity index (χ0n) is 11.2. The van der Waals surface area contributed by atoms with E-state index in [-0.39, 0.29) is 0 Å². The maximum atomic E-state index is 12.1.